The van der Waals surface area contributed by atoms with E-state index in [0.717, 1.165) is 10.5 Å². The van der Waals surface area contributed by atoms with E-state index in [0.29, 0.717) is 5.41 Å². The first-order chi connectivity index (χ1) is 6.79. The van der Waals surface area contributed by atoms with E-state index in [2.05, 4.69) is 74.3 Å². The first-order valence-corrected chi connectivity index (χ1v) is 7.21. The highest BCUT2D eigenvalue weighted by Crippen LogP contribution is 2.29. The Kier molecular flexibility index (Phi) is 7.38. The van der Waals surface area contributed by atoms with Gasteiger partial charge in [-0.05, 0) is 45.4 Å². The number of hydrogen-bond donors (Lipinski definition) is 0. The Labute approximate surface area is 110 Å². The molecule has 0 aromatic rings. The van der Waals surface area contributed by atoms with Gasteiger partial charge >= 0.3 is 0 Å². The first-order valence-electron chi connectivity index (χ1n) is 5.69. The zero-order chi connectivity index (χ0) is 12.1. The molecule has 0 N–H and O–H groups in total. The molecule has 0 spiro atoms. The molecule has 0 aliphatic rings. The Morgan fingerprint density at radius 3 is 2.13 bits per heavy atom. The summed E-state index contributed by atoms with van der Waals surface area (Å²) in [7, 11) is 6.51. The van der Waals surface area contributed by atoms with Gasteiger partial charge in [-0.3, -0.25) is 4.90 Å². The van der Waals surface area contributed by atoms with Crippen LogP contribution in [0.3, 0.4) is 0 Å². The van der Waals surface area contributed by atoms with Crippen molar-refractivity contribution in [3.05, 3.63) is 0 Å². The van der Waals surface area contributed by atoms with Crippen LogP contribution >= 0.6 is 22.6 Å². The average Bonchev–Trinajstić information content (AvgIpc) is 2.11. The third-order valence-electron chi connectivity index (χ3n) is 3.21. The number of alkyl halides is 1. The molecule has 92 valence electrons. The molecular weight excluding hydrogens is 299 g/mol. The maximum atomic E-state index is 2.42. The molecule has 0 aromatic carbocycles. The predicted molar refractivity (Wildman–Crippen MR) is 77.6 cm³/mol. The zero-order valence-electron chi connectivity index (χ0n) is 11.2. The van der Waals surface area contributed by atoms with Crippen LogP contribution in [0.25, 0.3) is 0 Å². The molecule has 0 aromatic heterocycles. The van der Waals surface area contributed by atoms with E-state index in [1.807, 2.05) is 0 Å². The summed E-state index contributed by atoms with van der Waals surface area (Å²) in [5, 5.41) is 0. The maximum absolute atomic E-state index is 2.42. The van der Waals surface area contributed by atoms with Gasteiger partial charge in [-0.1, -0.05) is 43.4 Å². The standard InChI is InChI=1S/C12H27IN2/c1-11(7-8-15(6)10-13)12(2,3)9-14(4)5/h11H,7-10H2,1-6H3. The summed E-state index contributed by atoms with van der Waals surface area (Å²) in [6.07, 6.45) is 1.29. The Balaban J connectivity index is 4.01. The summed E-state index contributed by atoms with van der Waals surface area (Å²) >= 11 is 2.42. The van der Waals surface area contributed by atoms with Gasteiger partial charge in [0, 0.05) is 6.54 Å². The van der Waals surface area contributed by atoms with E-state index in [1.165, 1.54) is 19.5 Å². The van der Waals surface area contributed by atoms with Gasteiger partial charge in [0.1, 0.15) is 0 Å². The number of halogens is 1. The van der Waals surface area contributed by atoms with Crippen LogP contribution in [0.4, 0.5) is 0 Å². The molecule has 0 aliphatic heterocycles. The number of nitrogens with zero attached hydrogens (tertiary/aromatic N) is 2. The summed E-state index contributed by atoms with van der Waals surface area (Å²) in [6, 6.07) is 0. The fourth-order valence-electron chi connectivity index (χ4n) is 1.84. The summed E-state index contributed by atoms with van der Waals surface area (Å²) in [6.45, 7) is 9.51. The lowest BCUT2D eigenvalue weighted by molar-refractivity contribution is 0.147. The molecule has 0 saturated heterocycles. The minimum Gasteiger partial charge on any atom is -0.309 e. The minimum atomic E-state index is 0.412. The molecule has 1 unspecified atom stereocenters. The van der Waals surface area contributed by atoms with Crippen molar-refractivity contribution in [2.45, 2.75) is 27.2 Å². The monoisotopic (exact) mass is 326 g/mol. The Bertz CT molecular complexity index is 169. The molecule has 0 aliphatic carbocycles. The molecule has 0 heterocycles. The Morgan fingerprint density at radius 1 is 1.20 bits per heavy atom. The summed E-state index contributed by atoms with van der Waals surface area (Å²) in [5.41, 5.74) is 0.412. The second-order valence-corrected chi connectivity index (χ2v) is 6.30. The van der Waals surface area contributed by atoms with Gasteiger partial charge in [0.25, 0.3) is 0 Å². The van der Waals surface area contributed by atoms with Crippen LogP contribution < -0.4 is 0 Å². The molecule has 3 heteroatoms. The normalized spacial score (nSPS) is 15.0. The summed E-state index contributed by atoms with van der Waals surface area (Å²) < 4.78 is 1.12. The molecule has 1 atom stereocenters. The molecule has 0 saturated carbocycles. The lowest BCUT2D eigenvalue weighted by atomic mass is 9.78. The molecule has 0 amide bonds. The van der Waals surface area contributed by atoms with Gasteiger partial charge in [-0.25, -0.2) is 0 Å². The van der Waals surface area contributed by atoms with Crippen molar-refractivity contribution >= 4 is 22.6 Å². The van der Waals surface area contributed by atoms with E-state index >= 15 is 0 Å². The van der Waals surface area contributed by atoms with Gasteiger partial charge < -0.3 is 4.90 Å². The highest BCUT2D eigenvalue weighted by Gasteiger charge is 2.26. The SMILES string of the molecule is CC(CCN(C)CI)C(C)(C)CN(C)C. The Morgan fingerprint density at radius 2 is 1.73 bits per heavy atom. The van der Waals surface area contributed by atoms with Crippen LogP contribution in [0.1, 0.15) is 27.2 Å². The third-order valence-corrected chi connectivity index (χ3v) is 4.37. The van der Waals surface area contributed by atoms with Crippen LogP contribution in [0.2, 0.25) is 0 Å². The van der Waals surface area contributed by atoms with Crippen LogP contribution in [0.15, 0.2) is 0 Å². The predicted octanol–water partition coefficient (Wildman–Crippen LogP) is 2.92. The highest BCUT2D eigenvalue weighted by atomic mass is 127. The number of rotatable bonds is 7. The van der Waals surface area contributed by atoms with Crippen LogP contribution in [-0.4, -0.2) is 48.6 Å². The molecule has 0 rings (SSSR count). The minimum absolute atomic E-state index is 0.412. The molecule has 0 fully saturated rings. The van der Waals surface area contributed by atoms with Gasteiger partial charge in [0.15, 0.2) is 0 Å². The van der Waals surface area contributed by atoms with Crippen LogP contribution in [0.5, 0.6) is 0 Å². The topological polar surface area (TPSA) is 6.48 Å². The molecule has 15 heavy (non-hydrogen) atoms. The number of hydrogen-bond acceptors (Lipinski definition) is 2. The molecule has 2 nitrogen and oxygen atoms in total. The van der Waals surface area contributed by atoms with Crippen molar-refractivity contribution in [2.24, 2.45) is 11.3 Å². The lowest BCUT2D eigenvalue weighted by Gasteiger charge is -2.35. The quantitative estimate of drug-likeness (QED) is 0.403. The van der Waals surface area contributed by atoms with Crippen molar-refractivity contribution in [1.82, 2.24) is 9.80 Å². The molecule has 0 bridgehead atoms. The second kappa shape index (κ2) is 7.07. The van der Waals surface area contributed by atoms with E-state index in [4.69, 9.17) is 0 Å². The van der Waals surface area contributed by atoms with Gasteiger partial charge in [-0.2, -0.15) is 0 Å². The largest absolute Gasteiger partial charge is 0.309 e. The van der Waals surface area contributed by atoms with Crippen molar-refractivity contribution in [3.63, 3.8) is 0 Å². The Hall–Kier alpha value is 0.650. The molecule has 0 radical (unpaired) electrons. The van der Waals surface area contributed by atoms with Crippen molar-refractivity contribution in [2.75, 3.05) is 38.8 Å². The van der Waals surface area contributed by atoms with Crippen LogP contribution in [0, 0.1) is 11.3 Å². The fraction of sp³-hybridized carbons (Fsp3) is 1.00. The van der Waals surface area contributed by atoms with Crippen molar-refractivity contribution in [1.29, 1.82) is 0 Å². The lowest BCUT2D eigenvalue weighted by Crippen LogP contribution is -2.35. The maximum Gasteiger partial charge on any atom is 0.0502 e. The highest BCUT2D eigenvalue weighted by molar-refractivity contribution is 14.1. The van der Waals surface area contributed by atoms with Gasteiger partial charge in [0.2, 0.25) is 0 Å². The van der Waals surface area contributed by atoms with E-state index < -0.39 is 0 Å². The first kappa shape index (κ1) is 15.7. The van der Waals surface area contributed by atoms with Crippen molar-refractivity contribution in [3.8, 4) is 0 Å². The van der Waals surface area contributed by atoms with Crippen molar-refractivity contribution < 1.29 is 0 Å². The van der Waals surface area contributed by atoms with Gasteiger partial charge in [-0.15, -0.1) is 0 Å². The average molecular weight is 326 g/mol. The summed E-state index contributed by atoms with van der Waals surface area (Å²) in [4.78, 5) is 4.67. The second-order valence-electron chi connectivity index (χ2n) is 5.62. The van der Waals surface area contributed by atoms with Crippen LogP contribution in [-0.2, 0) is 0 Å². The van der Waals surface area contributed by atoms with E-state index in [9.17, 15) is 0 Å². The third kappa shape index (κ3) is 6.74. The van der Waals surface area contributed by atoms with Gasteiger partial charge in [0.05, 0.1) is 4.55 Å². The fourth-order valence-corrected chi connectivity index (χ4v) is 2.18. The molecular formula is C12H27IN2. The zero-order valence-corrected chi connectivity index (χ0v) is 13.3. The van der Waals surface area contributed by atoms with E-state index in [1.54, 1.807) is 0 Å². The van der Waals surface area contributed by atoms with E-state index in [-0.39, 0.29) is 0 Å². The summed E-state index contributed by atoms with van der Waals surface area (Å²) in [5.74, 6) is 0.769. The smallest absolute Gasteiger partial charge is 0.0502 e.